The summed E-state index contributed by atoms with van der Waals surface area (Å²) in [4.78, 5) is 48.1. The fraction of sp³-hybridized carbons (Fsp3) is 0.528. The zero-order valence-corrected chi connectivity index (χ0v) is 32.4. The second kappa shape index (κ2) is 15.5. The van der Waals surface area contributed by atoms with Gasteiger partial charge in [0.1, 0.15) is 11.4 Å². The van der Waals surface area contributed by atoms with Crippen LogP contribution in [-0.4, -0.2) is 128 Å². The molecule has 0 spiro atoms. The number of rotatable bonds is 10. The third kappa shape index (κ3) is 7.49. The van der Waals surface area contributed by atoms with E-state index in [-0.39, 0.29) is 61.1 Å². The van der Waals surface area contributed by atoms with Crippen LogP contribution in [0.5, 0.6) is 0 Å². The molecule has 2 saturated heterocycles. The minimum atomic E-state index is -4.27. The summed E-state index contributed by atoms with van der Waals surface area (Å²) in [6, 6.07) is 3.73. The molecule has 288 valence electrons. The summed E-state index contributed by atoms with van der Waals surface area (Å²) >= 11 is 6.93. The zero-order valence-electron chi connectivity index (χ0n) is 30.8. The lowest BCUT2D eigenvalue weighted by Gasteiger charge is -2.41. The van der Waals surface area contributed by atoms with Crippen LogP contribution in [0, 0.1) is 12.7 Å². The van der Waals surface area contributed by atoms with Gasteiger partial charge in [-0.1, -0.05) is 11.6 Å². The molecule has 2 amide bonds. The summed E-state index contributed by atoms with van der Waals surface area (Å²) in [5, 5.41) is 1.05. The summed E-state index contributed by atoms with van der Waals surface area (Å²) in [5.74, 6) is -2.75. The Balaban J connectivity index is 1.26. The average molecular weight is 777 g/mol. The van der Waals surface area contributed by atoms with Crippen molar-refractivity contribution in [3.63, 3.8) is 0 Å². The number of piperazine rings is 1. The van der Waals surface area contributed by atoms with E-state index >= 15 is 4.39 Å². The minimum Gasteiger partial charge on any atom is -0.422 e. The molecule has 6 rings (SSSR count). The number of benzene rings is 2. The molecular formula is C36H46ClFN6O8S. The van der Waals surface area contributed by atoms with E-state index in [1.165, 1.54) is 27.3 Å². The Hall–Kier alpha value is -3.80. The lowest BCUT2D eigenvalue weighted by atomic mass is 9.94. The van der Waals surface area contributed by atoms with Crippen molar-refractivity contribution in [3.8, 4) is 0 Å². The van der Waals surface area contributed by atoms with Gasteiger partial charge in [0.15, 0.2) is 0 Å². The van der Waals surface area contributed by atoms with E-state index in [0.717, 1.165) is 30.4 Å². The Morgan fingerprint density at radius 1 is 1.04 bits per heavy atom. The normalized spacial score (nSPS) is 19.8. The van der Waals surface area contributed by atoms with E-state index in [0.29, 0.717) is 47.5 Å². The van der Waals surface area contributed by atoms with Crippen molar-refractivity contribution in [2.24, 2.45) is 0 Å². The summed E-state index contributed by atoms with van der Waals surface area (Å²) in [6.07, 6.45) is 1.46. The lowest BCUT2D eigenvalue weighted by Crippen LogP contribution is -2.53. The number of halogens is 2. The Kier molecular flexibility index (Phi) is 11.4. The molecule has 2 atom stereocenters. The molecular weight excluding hydrogens is 731 g/mol. The van der Waals surface area contributed by atoms with Crippen molar-refractivity contribution in [3.05, 3.63) is 67.3 Å². The molecule has 1 aromatic heterocycles. The van der Waals surface area contributed by atoms with Crippen LogP contribution in [0.1, 0.15) is 50.2 Å². The number of likely N-dealkylation sites (N-methyl/N-ethyl adjacent to an activating group) is 1. The first kappa shape index (κ1) is 38.9. The van der Waals surface area contributed by atoms with Crippen molar-refractivity contribution in [1.29, 1.82) is 0 Å². The number of carbonyl (C=O) groups is 2. The van der Waals surface area contributed by atoms with Crippen LogP contribution in [0.15, 0.2) is 27.4 Å². The Morgan fingerprint density at radius 2 is 1.75 bits per heavy atom. The number of aryl methyl sites for hydroxylation is 1. The van der Waals surface area contributed by atoms with Crippen LogP contribution in [0.3, 0.4) is 0 Å². The van der Waals surface area contributed by atoms with E-state index in [1.807, 2.05) is 13.0 Å². The maximum absolute atomic E-state index is 15.8. The molecule has 0 bridgehead atoms. The SMILES string of the molecule is COC[C@H]1CN(c2cc(Cl)c3c4c(c(=O)oc3c2C)CN(C(=O)c2cc(N(C)C)c(C(=O)NS(=O)(=O)N3CCC[C@@H]3COC)cc2F)CC4)CCN1C. The molecule has 3 aromatic rings. The molecule has 53 heavy (non-hydrogen) atoms. The third-order valence-corrected chi connectivity index (χ3v) is 12.4. The average Bonchev–Trinajstić information content (AvgIpc) is 3.60. The molecule has 2 aromatic carbocycles. The number of anilines is 2. The van der Waals surface area contributed by atoms with E-state index in [4.69, 9.17) is 25.5 Å². The van der Waals surface area contributed by atoms with Crippen molar-refractivity contribution >= 4 is 56.0 Å². The highest BCUT2D eigenvalue weighted by Gasteiger charge is 2.37. The molecule has 4 heterocycles. The van der Waals surface area contributed by atoms with Gasteiger partial charge in [-0.05, 0) is 57.0 Å². The van der Waals surface area contributed by atoms with Gasteiger partial charge in [-0.3, -0.25) is 14.5 Å². The molecule has 0 aliphatic carbocycles. The zero-order chi connectivity index (χ0) is 38.4. The van der Waals surface area contributed by atoms with Gasteiger partial charge < -0.3 is 28.6 Å². The molecule has 0 radical (unpaired) electrons. The predicted molar refractivity (Wildman–Crippen MR) is 200 cm³/mol. The summed E-state index contributed by atoms with van der Waals surface area (Å²) in [7, 11) is 4.13. The molecule has 3 aliphatic rings. The second-order valence-electron chi connectivity index (χ2n) is 14.1. The van der Waals surface area contributed by atoms with Crippen LogP contribution in [0.4, 0.5) is 15.8 Å². The first-order chi connectivity index (χ1) is 25.2. The van der Waals surface area contributed by atoms with Gasteiger partial charge in [-0.25, -0.2) is 13.9 Å². The number of carbonyl (C=O) groups excluding carboxylic acids is 2. The van der Waals surface area contributed by atoms with Crippen molar-refractivity contribution in [2.75, 3.05) is 91.1 Å². The highest BCUT2D eigenvalue weighted by Crippen LogP contribution is 2.39. The number of amides is 2. The number of ether oxygens (including phenoxy) is 2. The monoisotopic (exact) mass is 776 g/mol. The van der Waals surface area contributed by atoms with Gasteiger partial charge in [0, 0.05) is 83.7 Å². The number of nitrogens with one attached hydrogen (secondary N) is 1. The van der Waals surface area contributed by atoms with Gasteiger partial charge in [-0.15, -0.1) is 0 Å². The number of nitrogens with zero attached hydrogens (tertiary/aromatic N) is 5. The summed E-state index contributed by atoms with van der Waals surface area (Å²) < 4.78 is 61.8. The van der Waals surface area contributed by atoms with Crippen molar-refractivity contribution in [1.82, 2.24) is 18.8 Å². The number of methoxy groups -OCH3 is 2. The highest BCUT2D eigenvalue weighted by atomic mass is 35.5. The minimum absolute atomic E-state index is 0.132. The Bertz CT molecular complexity index is 2100. The second-order valence-corrected chi connectivity index (χ2v) is 16.1. The fourth-order valence-corrected chi connectivity index (χ4v) is 9.40. The van der Waals surface area contributed by atoms with Gasteiger partial charge in [0.05, 0.1) is 53.2 Å². The van der Waals surface area contributed by atoms with Gasteiger partial charge in [0.25, 0.3) is 11.8 Å². The molecule has 14 nitrogen and oxygen atoms in total. The largest absolute Gasteiger partial charge is 0.422 e. The predicted octanol–water partition coefficient (Wildman–Crippen LogP) is 3.01. The lowest BCUT2D eigenvalue weighted by molar-refractivity contribution is 0.0727. The molecule has 0 unspecified atom stereocenters. The van der Waals surface area contributed by atoms with Crippen molar-refractivity contribution < 1.29 is 36.3 Å². The third-order valence-electron chi connectivity index (χ3n) is 10.6. The molecule has 0 saturated carbocycles. The van der Waals surface area contributed by atoms with Crippen LogP contribution in [0.25, 0.3) is 11.0 Å². The van der Waals surface area contributed by atoms with Crippen LogP contribution >= 0.6 is 11.6 Å². The van der Waals surface area contributed by atoms with Crippen LogP contribution in [0.2, 0.25) is 5.02 Å². The molecule has 1 N–H and O–H groups in total. The maximum Gasteiger partial charge on any atom is 0.341 e. The first-order valence-corrected chi connectivity index (χ1v) is 19.3. The van der Waals surface area contributed by atoms with E-state index in [1.54, 1.807) is 21.2 Å². The summed E-state index contributed by atoms with van der Waals surface area (Å²) in [5.41, 5.74) is 1.93. The van der Waals surface area contributed by atoms with E-state index < -0.39 is 39.5 Å². The van der Waals surface area contributed by atoms with E-state index in [2.05, 4.69) is 21.6 Å². The smallest absolute Gasteiger partial charge is 0.341 e. The quantitative estimate of drug-likeness (QED) is 0.304. The first-order valence-electron chi connectivity index (χ1n) is 17.5. The van der Waals surface area contributed by atoms with E-state index in [9.17, 15) is 22.8 Å². The number of fused-ring (bicyclic) bond motifs is 3. The summed E-state index contributed by atoms with van der Waals surface area (Å²) in [6.45, 7) is 5.18. The number of hydrogen-bond acceptors (Lipinski definition) is 11. The standard InChI is InChI=1S/C36H46ClFN6O8S/c1-21-30(42-13-12-41(4)23(17-42)20-51-6)16-28(37)32-24-9-11-43(18-27(24)36(47)52-33(21)32)35(46)25-15-31(40(2)3)26(14-29(25)38)34(45)39-53(48,49)44-10-7-8-22(44)19-50-5/h14-16,22-23H,7-13,17-20H2,1-6H3,(H,39,45)/t22-,23-/m1/s1. The van der Waals surface area contributed by atoms with Crippen LogP contribution < -0.4 is 20.1 Å². The topological polar surface area (TPSA) is 145 Å². The molecule has 17 heteroatoms. The van der Waals surface area contributed by atoms with Crippen LogP contribution in [-0.2, 0) is 32.6 Å². The molecule has 3 aliphatic heterocycles. The fourth-order valence-electron chi connectivity index (χ4n) is 7.70. The van der Waals surface area contributed by atoms with Gasteiger partial charge >= 0.3 is 15.8 Å². The Labute approximate surface area is 313 Å². The maximum atomic E-state index is 15.8. The van der Waals surface area contributed by atoms with Gasteiger partial charge in [-0.2, -0.15) is 12.7 Å². The Morgan fingerprint density at radius 3 is 2.45 bits per heavy atom. The highest BCUT2D eigenvalue weighted by molar-refractivity contribution is 7.87. The van der Waals surface area contributed by atoms with Gasteiger partial charge in [0.2, 0.25) is 0 Å². The molecule has 2 fully saturated rings. The number of hydrogen-bond donors (Lipinski definition) is 1. The van der Waals surface area contributed by atoms with Crippen molar-refractivity contribution in [2.45, 2.75) is 44.8 Å².